The fourth-order valence-corrected chi connectivity index (χ4v) is 3.64. The molecule has 2 aromatic heterocycles. The van der Waals surface area contributed by atoms with Crippen LogP contribution in [0.25, 0.3) is 10.7 Å². The second-order valence-corrected chi connectivity index (χ2v) is 7.66. The molecule has 1 aromatic carbocycles. The van der Waals surface area contributed by atoms with Crippen LogP contribution in [-0.2, 0) is 16.4 Å². The zero-order valence-electron chi connectivity index (χ0n) is 12.4. The molecule has 0 amide bonds. The van der Waals surface area contributed by atoms with E-state index in [4.69, 9.17) is 4.52 Å². The number of sulfonamides is 1. The highest BCUT2D eigenvalue weighted by molar-refractivity contribution is 7.89. The van der Waals surface area contributed by atoms with Crippen LogP contribution in [0.1, 0.15) is 11.5 Å². The van der Waals surface area contributed by atoms with Crippen LogP contribution < -0.4 is 4.72 Å². The fourth-order valence-electron chi connectivity index (χ4n) is 1.96. The molecule has 120 valence electrons. The predicted octanol–water partition coefficient (Wildman–Crippen LogP) is 2.63. The molecule has 23 heavy (non-hydrogen) atoms. The van der Waals surface area contributed by atoms with E-state index < -0.39 is 10.0 Å². The number of nitrogens with zero attached hydrogens (tertiary/aromatic N) is 2. The number of hydrogen-bond donors (Lipinski definition) is 1. The van der Waals surface area contributed by atoms with Gasteiger partial charge in [-0.25, -0.2) is 13.1 Å². The summed E-state index contributed by atoms with van der Waals surface area (Å²) in [6, 6.07) is 10.5. The summed E-state index contributed by atoms with van der Waals surface area (Å²) in [5.74, 6) is 0.927. The molecule has 2 heterocycles. The number of aromatic nitrogens is 2. The minimum Gasteiger partial charge on any atom is -0.339 e. The van der Waals surface area contributed by atoms with Gasteiger partial charge in [-0.1, -0.05) is 28.9 Å². The van der Waals surface area contributed by atoms with Crippen molar-refractivity contribution in [2.24, 2.45) is 0 Å². The molecule has 0 bridgehead atoms. The zero-order chi connectivity index (χ0) is 16.3. The van der Waals surface area contributed by atoms with Gasteiger partial charge in [-0.05, 0) is 30.5 Å². The average Bonchev–Trinajstić information content (AvgIpc) is 3.18. The molecule has 0 aliphatic rings. The molecule has 8 heteroatoms. The molecule has 0 aliphatic carbocycles. The lowest BCUT2D eigenvalue weighted by molar-refractivity contribution is 0.379. The van der Waals surface area contributed by atoms with Crippen LogP contribution in [0, 0.1) is 6.92 Å². The van der Waals surface area contributed by atoms with Crippen LogP contribution in [0.15, 0.2) is 51.2 Å². The van der Waals surface area contributed by atoms with Gasteiger partial charge in [-0.2, -0.15) is 4.98 Å². The first-order valence-electron chi connectivity index (χ1n) is 6.97. The second-order valence-electron chi connectivity index (χ2n) is 4.95. The molecule has 0 fully saturated rings. The van der Waals surface area contributed by atoms with Crippen molar-refractivity contribution in [3.8, 4) is 10.7 Å². The normalized spacial score (nSPS) is 11.7. The quantitative estimate of drug-likeness (QED) is 0.739. The van der Waals surface area contributed by atoms with Crippen molar-refractivity contribution < 1.29 is 12.9 Å². The Morgan fingerprint density at radius 1 is 1.22 bits per heavy atom. The van der Waals surface area contributed by atoms with Crippen molar-refractivity contribution in [1.82, 2.24) is 14.9 Å². The van der Waals surface area contributed by atoms with Crippen molar-refractivity contribution in [2.75, 3.05) is 6.54 Å². The Labute approximate surface area is 138 Å². The van der Waals surface area contributed by atoms with E-state index in [1.54, 1.807) is 24.3 Å². The molecular weight excluding hydrogens is 334 g/mol. The van der Waals surface area contributed by atoms with E-state index >= 15 is 0 Å². The van der Waals surface area contributed by atoms with Gasteiger partial charge in [0, 0.05) is 13.0 Å². The van der Waals surface area contributed by atoms with E-state index in [0.717, 1.165) is 10.4 Å². The topological polar surface area (TPSA) is 85.1 Å². The van der Waals surface area contributed by atoms with E-state index in [9.17, 15) is 8.42 Å². The zero-order valence-corrected chi connectivity index (χ0v) is 14.0. The Hall–Kier alpha value is -2.03. The van der Waals surface area contributed by atoms with E-state index in [1.165, 1.54) is 11.3 Å². The summed E-state index contributed by atoms with van der Waals surface area (Å²) in [6.45, 7) is 2.10. The van der Waals surface area contributed by atoms with Gasteiger partial charge in [0.2, 0.25) is 21.7 Å². The first-order chi connectivity index (χ1) is 11.0. The van der Waals surface area contributed by atoms with Crippen molar-refractivity contribution in [1.29, 1.82) is 0 Å². The average molecular weight is 349 g/mol. The standard InChI is InChI=1S/C15H15N3O3S2/c1-11-4-6-12(7-5-11)23(19,20)16-9-8-14-17-15(18-21-14)13-3-2-10-22-13/h2-7,10,16H,8-9H2,1H3. The summed E-state index contributed by atoms with van der Waals surface area (Å²) >= 11 is 1.52. The molecule has 0 atom stereocenters. The Balaban J connectivity index is 1.60. The monoisotopic (exact) mass is 349 g/mol. The Bertz CT molecular complexity index is 869. The van der Waals surface area contributed by atoms with Gasteiger partial charge in [0.05, 0.1) is 9.77 Å². The summed E-state index contributed by atoms with van der Waals surface area (Å²) < 4.78 is 32.0. The smallest absolute Gasteiger partial charge is 0.240 e. The highest BCUT2D eigenvalue weighted by Crippen LogP contribution is 2.21. The Kier molecular flexibility index (Phi) is 4.56. The van der Waals surface area contributed by atoms with Gasteiger partial charge >= 0.3 is 0 Å². The molecule has 0 saturated carbocycles. The molecule has 0 saturated heterocycles. The van der Waals surface area contributed by atoms with Gasteiger partial charge in [0.25, 0.3) is 0 Å². The minimum absolute atomic E-state index is 0.197. The number of rotatable bonds is 6. The third-order valence-electron chi connectivity index (χ3n) is 3.17. The number of aryl methyl sites for hydroxylation is 1. The first-order valence-corrected chi connectivity index (χ1v) is 9.34. The highest BCUT2D eigenvalue weighted by Gasteiger charge is 2.14. The Morgan fingerprint density at radius 2 is 2.00 bits per heavy atom. The molecule has 0 radical (unpaired) electrons. The summed E-state index contributed by atoms with van der Waals surface area (Å²) in [5.41, 5.74) is 1.01. The van der Waals surface area contributed by atoms with E-state index in [0.29, 0.717) is 18.1 Å². The van der Waals surface area contributed by atoms with Crippen molar-refractivity contribution in [3.05, 3.63) is 53.2 Å². The number of hydrogen-bond acceptors (Lipinski definition) is 6. The van der Waals surface area contributed by atoms with Crippen LogP contribution in [0.2, 0.25) is 0 Å². The van der Waals surface area contributed by atoms with Gasteiger partial charge < -0.3 is 4.52 Å². The maximum atomic E-state index is 12.1. The summed E-state index contributed by atoms with van der Waals surface area (Å²) in [7, 11) is -3.52. The fraction of sp³-hybridized carbons (Fsp3) is 0.200. The SMILES string of the molecule is Cc1ccc(S(=O)(=O)NCCc2nc(-c3cccs3)no2)cc1. The predicted molar refractivity (Wildman–Crippen MR) is 87.7 cm³/mol. The minimum atomic E-state index is -3.52. The van der Waals surface area contributed by atoms with Gasteiger partial charge in [-0.15, -0.1) is 11.3 Å². The molecule has 0 aliphatic heterocycles. The number of benzene rings is 1. The van der Waals surface area contributed by atoms with Crippen molar-refractivity contribution in [2.45, 2.75) is 18.2 Å². The Morgan fingerprint density at radius 3 is 2.70 bits per heavy atom. The van der Waals surface area contributed by atoms with Crippen LogP contribution in [-0.4, -0.2) is 25.1 Å². The van der Waals surface area contributed by atoms with Gasteiger partial charge in [0.1, 0.15) is 0 Å². The lowest BCUT2D eigenvalue weighted by Gasteiger charge is -2.05. The molecule has 0 spiro atoms. The van der Waals surface area contributed by atoms with Crippen LogP contribution in [0.3, 0.4) is 0 Å². The number of thiophene rings is 1. The summed E-state index contributed by atoms with van der Waals surface area (Å²) in [6.07, 6.45) is 0.337. The maximum Gasteiger partial charge on any atom is 0.240 e. The lowest BCUT2D eigenvalue weighted by atomic mass is 10.2. The second kappa shape index (κ2) is 6.61. The lowest BCUT2D eigenvalue weighted by Crippen LogP contribution is -2.26. The molecule has 1 N–H and O–H groups in total. The van der Waals surface area contributed by atoms with Gasteiger partial charge in [0.15, 0.2) is 0 Å². The maximum absolute atomic E-state index is 12.1. The highest BCUT2D eigenvalue weighted by atomic mass is 32.2. The molecule has 3 aromatic rings. The van der Waals surface area contributed by atoms with Crippen LogP contribution >= 0.6 is 11.3 Å². The van der Waals surface area contributed by atoms with E-state index in [2.05, 4.69) is 14.9 Å². The third-order valence-corrected chi connectivity index (χ3v) is 5.51. The van der Waals surface area contributed by atoms with Crippen LogP contribution in [0.4, 0.5) is 0 Å². The molecular formula is C15H15N3O3S2. The molecule has 0 unspecified atom stereocenters. The van der Waals surface area contributed by atoms with Crippen molar-refractivity contribution in [3.63, 3.8) is 0 Å². The van der Waals surface area contributed by atoms with E-state index in [1.807, 2.05) is 24.4 Å². The largest absolute Gasteiger partial charge is 0.339 e. The van der Waals surface area contributed by atoms with Crippen LogP contribution in [0.5, 0.6) is 0 Å². The van der Waals surface area contributed by atoms with E-state index in [-0.39, 0.29) is 11.4 Å². The first kappa shape index (κ1) is 15.9. The summed E-state index contributed by atoms with van der Waals surface area (Å²) in [5, 5.41) is 5.82. The van der Waals surface area contributed by atoms with Crippen molar-refractivity contribution >= 4 is 21.4 Å². The third kappa shape index (κ3) is 3.84. The molecule has 3 rings (SSSR count). The molecule has 6 nitrogen and oxygen atoms in total. The number of nitrogens with one attached hydrogen (secondary N) is 1. The van der Waals surface area contributed by atoms with Gasteiger partial charge in [-0.3, -0.25) is 0 Å². The summed E-state index contributed by atoms with van der Waals surface area (Å²) in [4.78, 5) is 5.41.